The van der Waals surface area contributed by atoms with Crippen molar-refractivity contribution in [3.05, 3.63) is 83.4 Å². The Bertz CT molecular complexity index is 1530. The minimum absolute atomic E-state index is 0.0815. The van der Waals surface area contributed by atoms with Crippen molar-refractivity contribution >= 4 is 17.9 Å². The maximum atomic E-state index is 6.59. The van der Waals surface area contributed by atoms with Crippen molar-refractivity contribution in [2.24, 2.45) is 11.3 Å². The fraction of sp³-hybridized carbons (Fsp3) is 0.412. The Hall–Kier alpha value is -3.65. The van der Waals surface area contributed by atoms with Crippen molar-refractivity contribution in [2.75, 3.05) is 11.3 Å². The fourth-order valence-electron chi connectivity index (χ4n) is 5.90. The normalized spacial score (nSPS) is 19.2. The molecule has 2 aliphatic rings. The van der Waals surface area contributed by atoms with Crippen LogP contribution in [0.5, 0.6) is 11.6 Å². The largest absolute Gasteiger partial charge is 0.488 e. The number of fused-ring (bicyclic) bond motifs is 4. The van der Waals surface area contributed by atoms with Crippen molar-refractivity contribution < 1.29 is 9.47 Å². The predicted octanol–water partition coefficient (Wildman–Crippen LogP) is 7.98. The lowest BCUT2D eigenvalue weighted by molar-refractivity contribution is 0.185. The molecular weight excluding hydrogens is 542 g/mol. The van der Waals surface area contributed by atoms with Crippen molar-refractivity contribution in [2.45, 2.75) is 77.2 Å². The number of aryl methyl sites for hydroxylation is 2. The Kier molecular flexibility index (Phi) is 8.08. The van der Waals surface area contributed by atoms with E-state index in [9.17, 15) is 0 Å². The summed E-state index contributed by atoms with van der Waals surface area (Å²) < 4.78 is 15.8. The van der Waals surface area contributed by atoms with Crippen LogP contribution in [0.15, 0.2) is 65.8 Å². The highest BCUT2D eigenvalue weighted by atomic mass is 32.2. The summed E-state index contributed by atoms with van der Waals surface area (Å²) in [6.07, 6.45) is 7.96. The van der Waals surface area contributed by atoms with Crippen LogP contribution in [0.25, 0.3) is 11.3 Å². The van der Waals surface area contributed by atoms with E-state index in [0.29, 0.717) is 29.6 Å². The maximum absolute atomic E-state index is 6.59. The van der Waals surface area contributed by atoms with Gasteiger partial charge in [0.05, 0.1) is 30.8 Å². The van der Waals surface area contributed by atoms with Gasteiger partial charge in [-0.2, -0.15) is 4.98 Å². The van der Waals surface area contributed by atoms with Gasteiger partial charge in [0.2, 0.25) is 11.8 Å². The number of nitrogens with one attached hydrogen (secondary N) is 1. The minimum Gasteiger partial charge on any atom is -0.488 e. The lowest BCUT2D eigenvalue weighted by Crippen LogP contribution is -2.26. The van der Waals surface area contributed by atoms with Crippen LogP contribution in [0.3, 0.4) is 0 Å². The molecule has 42 heavy (non-hydrogen) atoms. The molecule has 4 bridgehead atoms. The van der Waals surface area contributed by atoms with Crippen LogP contribution in [0.1, 0.15) is 68.5 Å². The number of hydrogen-bond acceptors (Lipinski definition) is 8. The summed E-state index contributed by atoms with van der Waals surface area (Å²) in [4.78, 5) is 20.2. The van der Waals surface area contributed by atoms with E-state index in [1.54, 1.807) is 12.4 Å². The molecule has 2 aromatic carbocycles. The average molecular weight is 582 g/mol. The van der Waals surface area contributed by atoms with Crippen molar-refractivity contribution in [3.63, 3.8) is 0 Å². The third kappa shape index (κ3) is 6.70. The van der Waals surface area contributed by atoms with Crippen LogP contribution < -0.4 is 14.2 Å². The Morgan fingerprint density at radius 2 is 1.76 bits per heavy atom. The van der Waals surface area contributed by atoms with Crippen LogP contribution in [0.4, 0.5) is 5.95 Å². The molecule has 0 saturated heterocycles. The molecule has 218 valence electrons. The van der Waals surface area contributed by atoms with Gasteiger partial charge >= 0.3 is 0 Å². The second kappa shape index (κ2) is 11.9. The van der Waals surface area contributed by atoms with E-state index in [4.69, 9.17) is 29.4 Å². The van der Waals surface area contributed by atoms with E-state index in [-0.39, 0.29) is 17.9 Å². The molecular formula is C34H39N5O2S. The zero-order valence-corrected chi connectivity index (χ0v) is 25.9. The Morgan fingerprint density at radius 1 is 1.02 bits per heavy atom. The first-order valence-corrected chi connectivity index (χ1v) is 15.7. The van der Waals surface area contributed by atoms with E-state index < -0.39 is 0 Å². The van der Waals surface area contributed by atoms with Crippen LogP contribution >= 0.6 is 11.9 Å². The van der Waals surface area contributed by atoms with Gasteiger partial charge in [0.1, 0.15) is 5.82 Å². The molecule has 1 aliphatic carbocycles. The van der Waals surface area contributed by atoms with E-state index in [2.05, 4.69) is 68.0 Å². The highest BCUT2D eigenvalue weighted by molar-refractivity contribution is 8.00. The predicted molar refractivity (Wildman–Crippen MR) is 168 cm³/mol. The Balaban J connectivity index is 1.37. The molecule has 4 aromatic rings. The van der Waals surface area contributed by atoms with Gasteiger partial charge in [-0.1, -0.05) is 37.3 Å². The average Bonchev–Trinajstić information content (AvgIpc) is 3.69. The van der Waals surface area contributed by atoms with Crippen molar-refractivity contribution in [1.29, 1.82) is 0 Å². The first-order chi connectivity index (χ1) is 20.2. The monoisotopic (exact) mass is 581 g/mol. The van der Waals surface area contributed by atoms with Gasteiger partial charge in [-0.05, 0) is 99.1 Å². The highest BCUT2D eigenvalue weighted by Crippen LogP contribution is 2.52. The number of rotatable bonds is 7. The molecule has 1 saturated carbocycles. The second-order valence-electron chi connectivity index (χ2n) is 12.4. The van der Waals surface area contributed by atoms with Gasteiger partial charge in [0, 0.05) is 28.9 Å². The molecule has 0 amide bonds. The third-order valence-electron chi connectivity index (χ3n) is 8.32. The second-order valence-corrected chi connectivity index (χ2v) is 13.2. The molecule has 3 heterocycles. The highest BCUT2D eigenvalue weighted by Gasteiger charge is 2.42. The standard InChI is InChI=1S/C34H39N5O2S/c1-21(2)41-26-18-35-30(36-19-26)15-28-24-10-7-11-27(14-24)42-39-33-37-29(32-22(3)8-6-9-23(32)4)16-31(38-33)40-20-25(28)17-34(5)12-13-34/h6-11,14,16,18-19,21,25,28H,12-13,15,17,20H2,1-5H3,(H,37,38,39). The third-order valence-corrected chi connectivity index (χ3v) is 9.09. The quantitative estimate of drug-likeness (QED) is 0.220. The first kappa shape index (κ1) is 28.5. The molecule has 0 spiro atoms. The fourth-order valence-corrected chi connectivity index (χ4v) is 6.54. The number of aromatic nitrogens is 4. The summed E-state index contributed by atoms with van der Waals surface area (Å²) in [6, 6.07) is 17.1. The van der Waals surface area contributed by atoms with Gasteiger partial charge in [-0.25, -0.2) is 15.0 Å². The van der Waals surface area contributed by atoms with E-state index in [1.807, 2.05) is 19.9 Å². The Labute approximate surface area is 253 Å². The Morgan fingerprint density at radius 3 is 2.48 bits per heavy atom. The summed E-state index contributed by atoms with van der Waals surface area (Å²) in [5, 5.41) is 0. The molecule has 2 aromatic heterocycles. The van der Waals surface area contributed by atoms with E-state index in [1.165, 1.54) is 41.5 Å². The number of hydrogen-bond donors (Lipinski definition) is 1. The molecule has 7 nitrogen and oxygen atoms in total. The van der Waals surface area contributed by atoms with E-state index >= 15 is 0 Å². The van der Waals surface area contributed by atoms with Gasteiger partial charge in [-0.15, -0.1) is 0 Å². The van der Waals surface area contributed by atoms with Crippen LogP contribution in [0.2, 0.25) is 0 Å². The topological polar surface area (TPSA) is 82.1 Å². The number of ether oxygens (including phenoxy) is 2. The van der Waals surface area contributed by atoms with Gasteiger partial charge in [0.15, 0.2) is 5.75 Å². The minimum atomic E-state index is 0.0815. The lowest BCUT2D eigenvalue weighted by Gasteiger charge is -2.30. The zero-order valence-electron chi connectivity index (χ0n) is 25.1. The molecule has 0 radical (unpaired) electrons. The van der Waals surface area contributed by atoms with Gasteiger partial charge in [0.25, 0.3) is 0 Å². The molecule has 6 rings (SSSR count). The van der Waals surface area contributed by atoms with Crippen LogP contribution in [-0.2, 0) is 6.42 Å². The summed E-state index contributed by atoms with van der Waals surface area (Å²) in [7, 11) is 0. The summed E-state index contributed by atoms with van der Waals surface area (Å²) in [5.41, 5.74) is 5.95. The van der Waals surface area contributed by atoms with Crippen molar-refractivity contribution in [3.8, 4) is 22.9 Å². The molecule has 2 atom stereocenters. The number of nitrogens with zero attached hydrogens (tertiary/aromatic N) is 4. The van der Waals surface area contributed by atoms with Gasteiger partial charge in [-0.3, -0.25) is 4.72 Å². The summed E-state index contributed by atoms with van der Waals surface area (Å²) in [6.45, 7) is 11.2. The first-order valence-electron chi connectivity index (χ1n) is 14.8. The zero-order chi connectivity index (χ0) is 29.3. The smallest absolute Gasteiger partial charge is 0.237 e. The summed E-state index contributed by atoms with van der Waals surface area (Å²) >= 11 is 1.52. The molecule has 2 unspecified atom stereocenters. The summed E-state index contributed by atoms with van der Waals surface area (Å²) in [5.74, 6) is 3.07. The van der Waals surface area contributed by atoms with Crippen LogP contribution in [-0.4, -0.2) is 32.6 Å². The maximum Gasteiger partial charge on any atom is 0.237 e. The van der Waals surface area contributed by atoms with Crippen LogP contribution in [0, 0.1) is 25.2 Å². The number of benzene rings is 2. The molecule has 1 fully saturated rings. The number of anilines is 1. The lowest BCUT2D eigenvalue weighted by atomic mass is 9.78. The molecule has 8 heteroatoms. The SMILES string of the molecule is Cc1cccc(C)c1-c1cc2nc(n1)NSc1cccc(c1)C(Cc1ncc(OC(C)C)cn1)C(CC1(C)CC1)CO2. The van der Waals surface area contributed by atoms with Gasteiger partial charge < -0.3 is 9.47 Å². The van der Waals surface area contributed by atoms with E-state index in [0.717, 1.165) is 34.8 Å². The molecule has 1 aliphatic heterocycles. The van der Waals surface area contributed by atoms with Crippen molar-refractivity contribution in [1.82, 2.24) is 19.9 Å². The molecule has 1 N–H and O–H groups in total.